The zero-order valence-corrected chi connectivity index (χ0v) is 19.2. The average Bonchev–Trinajstić information content (AvgIpc) is 2.75. The van der Waals surface area contributed by atoms with Crippen molar-refractivity contribution in [3.05, 3.63) is 71.8 Å². The van der Waals surface area contributed by atoms with E-state index in [1.54, 1.807) is 14.0 Å². The molecule has 31 heavy (non-hydrogen) atoms. The summed E-state index contributed by atoms with van der Waals surface area (Å²) < 4.78 is 5.64. The zero-order valence-electron chi connectivity index (χ0n) is 19.2. The molecule has 1 amide bonds. The number of esters is 1. The molecular weight excluding hydrogens is 392 g/mol. The van der Waals surface area contributed by atoms with Crippen LogP contribution in [0.25, 0.3) is 0 Å². The van der Waals surface area contributed by atoms with Crippen molar-refractivity contribution in [2.45, 2.75) is 45.8 Å². The monoisotopic (exact) mass is 424 g/mol. The first kappa shape index (κ1) is 24.3. The van der Waals surface area contributed by atoms with Gasteiger partial charge < -0.3 is 4.74 Å². The molecule has 0 aliphatic carbocycles. The quantitative estimate of drug-likeness (QED) is 0.360. The third-order valence-corrected chi connectivity index (χ3v) is 4.64. The Morgan fingerprint density at radius 2 is 1.45 bits per heavy atom. The summed E-state index contributed by atoms with van der Waals surface area (Å²) in [6.07, 6.45) is 0.199. The molecule has 166 valence electrons. The van der Waals surface area contributed by atoms with Crippen molar-refractivity contribution in [1.29, 1.82) is 0 Å². The number of hydrogen-bond donors (Lipinski definition) is 0. The van der Waals surface area contributed by atoms with E-state index in [-0.39, 0.29) is 12.3 Å². The van der Waals surface area contributed by atoms with Crippen molar-refractivity contribution in [2.24, 2.45) is 10.9 Å². The molecule has 2 aromatic carbocycles. The molecule has 0 spiro atoms. The molecule has 0 heterocycles. The van der Waals surface area contributed by atoms with Crippen molar-refractivity contribution >= 4 is 17.6 Å². The lowest BCUT2D eigenvalue weighted by molar-refractivity contribution is -0.173. The molecule has 0 saturated heterocycles. The Labute approximate surface area is 184 Å². The fraction of sp³-hybridized carbons (Fsp3) is 0.400. The highest BCUT2D eigenvalue weighted by atomic mass is 16.7. The predicted molar refractivity (Wildman–Crippen MR) is 122 cm³/mol. The molecule has 6 nitrogen and oxygen atoms in total. The normalized spacial score (nSPS) is 13.1. The van der Waals surface area contributed by atoms with Gasteiger partial charge >= 0.3 is 5.97 Å². The van der Waals surface area contributed by atoms with Gasteiger partial charge in [-0.05, 0) is 27.2 Å². The first-order chi connectivity index (χ1) is 14.6. The van der Waals surface area contributed by atoms with Crippen LogP contribution >= 0.6 is 0 Å². The van der Waals surface area contributed by atoms with E-state index in [0.717, 1.165) is 16.2 Å². The van der Waals surface area contributed by atoms with Gasteiger partial charge in [-0.25, -0.2) is 9.86 Å². The first-order valence-electron chi connectivity index (χ1n) is 10.4. The number of ether oxygens (including phenoxy) is 1. The number of nitrogens with zero attached hydrogens (tertiary/aromatic N) is 2. The molecule has 2 aromatic rings. The minimum atomic E-state index is -0.848. The van der Waals surface area contributed by atoms with E-state index in [0.29, 0.717) is 5.71 Å². The van der Waals surface area contributed by atoms with Gasteiger partial charge in [-0.15, -0.1) is 0 Å². The van der Waals surface area contributed by atoms with Crippen LogP contribution in [0.4, 0.5) is 0 Å². The van der Waals surface area contributed by atoms with E-state index in [1.165, 1.54) is 7.11 Å². The number of aliphatic imine (C=N–C) groups is 1. The topological polar surface area (TPSA) is 68.2 Å². The third kappa shape index (κ3) is 7.33. The number of carbonyl (C=O) groups excluding carboxylic acids is 2. The molecule has 0 aromatic heterocycles. The summed E-state index contributed by atoms with van der Waals surface area (Å²) in [6.45, 7) is 7.20. The van der Waals surface area contributed by atoms with E-state index < -0.39 is 23.5 Å². The van der Waals surface area contributed by atoms with Gasteiger partial charge in [0.15, 0.2) is 0 Å². The van der Waals surface area contributed by atoms with Gasteiger partial charge in [0.05, 0.1) is 12.8 Å². The molecule has 2 rings (SSSR count). The molecule has 0 fully saturated rings. The summed E-state index contributed by atoms with van der Waals surface area (Å²) in [5.41, 5.74) is 1.78. The van der Waals surface area contributed by atoms with Crippen LogP contribution in [0.15, 0.2) is 65.7 Å². The van der Waals surface area contributed by atoms with Gasteiger partial charge in [-0.1, -0.05) is 67.6 Å². The predicted octanol–water partition coefficient (Wildman–Crippen LogP) is 4.28. The van der Waals surface area contributed by atoms with Crippen LogP contribution in [0.5, 0.6) is 0 Å². The van der Waals surface area contributed by atoms with Crippen molar-refractivity contribution < 1.29 is 19.2 Å². The Morgan fingerprint density at radius 3 is 1.87 bits per heavy atom. The van der Waals surface area contributed by atoms with Crippen molar-refractivity contribution in [2.75, 3.05) is 14.2 Å². The van der Waals surface area contributed by atoms with E-state index >= 15 is 0 Å². The highest BCUT2D eigenvalue weighted by Gasteiger charge is 2.30. The molecule has 0 bridgehead atoms. The minimum absolute atomic E-state index is 0.199. The zero-order chi connectivity index (χ0) is 23.0. The highest BCUT2D eigenvalue weighted by Crippen LogP contribution is 2.20. The minimum Gasteiger partial charge on any atom is -0.458 e. The van der Waals surface area contributed by atoms with Gasteiger partial charge in [-0.3, -0.25) is 14.6 Å². The van der Waals surface area contributed by atoms with Crippen LogP contribution in [0, 0.1) is 5.92 Å². The number of rotatable bonds is 8. The Hall–Kier alpha value is -2.99. The summed E-state index contributed by atoms with van der Waals surface area (Å²) in [7, 11) is 2.97. The average molecular weight is 425 g/mol. The summed E-state index contributed by atoms with van der Waals surface area (Å²) in [4.78, 5) is 35.5. The van der Waals surface area contributed by atoms with Crippen molar-refractivity contribution in [3.63, 3.8) is 0 Å². The van der Waals surface area contributed by atoms with E-state index in [1.807, 2.05) is 81.4 Å². The van der Waals surface area contributed by atoms with E-state index in [2.05, 4.69) is 0 Å². The van der Waals surface area contributed by atoms with Crippen molar-refractivity contribution in [1.82, 2.24) is 5.06 Å². The second kappa shape index (κ2) is 10.9. The van der Waals surface area contributed by atoms with Crippen LogP contribution in [0.2, 0.25) is 0 Å². The number of benzene rings is 2. The van der Waals surface area contributed by atoms with Gasteiger partial charge in [0.2, 0.25) is 5.91 Å². The van der Waals surface area contributed by atoms with Crippen molar-refractivity contribution in [3.8, 4) is 0 Å². The second-order valence-corrected chi connectivity index (χ2v) is 8.41. The number of carbonyl (C=O) groups is 2. The standard InChI is InChI=1S/C25H32N2O4/c1-18(23(28)27(5)30-6)17-21(24(29)31-25(2,3)4)26-22(19-13-9-7-10-14-19)20-15-11-8-12-16-20/h7-16,18,21H,17H2,1-6H3/t18-,21+/m0/s1. The molecule has 0 aliphatic heterocycles. The molecule has 0 aliphatic rings. The fourth-order valence-corrected chi connectivity index (χ4v) is 3.07. The van der Waals surface area contributed by atoms with Crippen LogP contribution in [-0.2, 0) is 19.2 Å². The SMILES string of the molecule is CON(C)C(=O)[C@@H](C)C[C@@H](N=C(c1ccccc1)c1ccccc1)C(=O)OC(C)(C)C. The largest absolute Gasteiger partial charge is 0.458 e. The lowest BCUT2D eigenvalue weighted by Crippen LogP contribution is -2.37. The first-order valence-corrected chi connectivity index (χ1v) is 10.4. The smallest absolute Gasteiger partial charge is 0.331 e. The van der Waals surface area contributed by atoms with E-state index in [9.17, 15) is 9.59 Å². The highest BCUT2D eigenvalue weighted by molar-refractivity contribution is 6.13. The molecule has 0 radical (unpaired) electrons. The van der Waals surface area contributed by atoms with Gasteiger partial charge in [0.1, 0.15) is 11.6 Å². The van der Waals surface area contributed by atoms with Crippen LogP contribution in [-0.4, -0.2) is 48.5 Å². The summed E-state index contributed by atoms with van der Waals surface area (Å²) in [5, 5.41) is 1.16. The number of hydrogen-bond acceptors (Lipinski definition) is 5. The van der Waals surface area contributed by atoms with Gasteiger partial charge in [0.25, 0.3) is 0 Å². The maximum atomic E-state index is 13.1. The molecule has 0 saturated carbocycles. The molecule has 6 heteroatoms. The second-order valence-electron chi connectivity index (χ2n) is 8.41. The fourth-order valence-electron chi connectivity index (χ4n) is 3.07. The summed E-state index contributed by atoms with van der Waals surface area (Å²) in [6, 6.07) is 18.5. The maximum Gasteiger partial charge on any atom is 0.331 e. The van der Waals surface area contributed by atoms with Crippen LogP contribution in [0.3, 0.4) is 0 Å². The molecule has 0 unspecified atom stereocenters. The van der Waals surface area contributed by atoms with Crippen LogP contribution < -0.4 is 0 Å². The number of amides is 1. The molecular formula is C25H32N2O4. The third-order valence-electron chi connectivity index (χ3n) is 4.64. The molecule has 0 N–H and O–H groups in total. The van der Waals surface area contributed by atoms with Gasteiger partial charge in [0, 0.05) is 24.1 Å². The van der Waals surface area contributed by atoms with Crippen LogP contribution in [0.1, 0.15) is 45.2 Å². The lowest BCUT2D eigenvalue weighted by atomic mass is 9.98. The molecule has 2 atom stereocenters. The summed E-state index contributed by atoms with van der Waals surface area (Å²) in [5.74, 6) is -1.18. The lowest BCUT2D eigenvalue weighted by Gasteiger charge is -2.25. The maximum absolute atomic E-state index is 13.1. The Balaban J connectivity index is 2.49. The Bertz CT molecular complexity index is 847. The number of hydroxylamine groups is 2. The Morgan fingerprint density at radius 1 is 0.968 bits per heavy atom. The van der Waals surface area contributed by atoms with E-state index in [4.69, 9.17) is 14.6 Å². The summed E-state index contributed by atoms with van der Waals surface area (Å²) >= 11 is 0. The Kier molecular flexibility index (Phi) is 8.51. The van der Waals surface area contributed by atoms with Gasteiger partial charge in [-0.2, -0.15) is 0 Å².